The first-order chi connectivity index (χ1) is 12.0. The number of aryl methyl sites for hydroxylation is 1. The molecule has 0 saturated heterocycles. The molecule has 0 fully saturated rings. The van der Waals surface area contributed by atoms with E-state index in [2.05, 4.69) is 5.32 Å². The summed E-state index contributed by atoms with van der Waals surface area (Å²) in [6.07, 6.45) is 1.80. The fourth-order valence-corrected chi connectivity index (χ4v) is 3.68. The van der Waals surface area contributed by atoms with Crippen LogP contribution in [0.2, 0.25) is 0 Å². The Labute approximate surface area is 152 Å². The molecule has 7 heteroatoms. The Kier molecular flexibility index (Phi) is 5.06. The van der Waals surface area contributed by atoms with E-state index in [0.717, 1.165) is 15.3 Å². The van der Waals surface area contributed by atoms with Crippen molar-refractivity contribution in [1.82, 2.24) is 0 Å². The summed E-state index contributed by atoms with van der Waals surface area (Å²) in [7, 11) is 0. The van der Waals surface area contributed by atoms with Gasteiger partial charge in [-0.05, 0) is 47.5 Å². The number of rotatable bonds is 5. The fraction of sp³-hybridized carbons (Fsp3) is 0.0556. The molecular formula is C18H14N2O3S2. The van der Waals surface area contributed by atoms with Crippen LogP contribution in [0.4, 0.5) is 11.4 Å². The number of thiophene rings is 2. The molecule has 2 heterocycles. The van der Waals surface area contributed by atoms with Gasteiger partial charge >= 0.3 is 0 Å². The van der Waals surface area contributed by atoms with Crippen molar-refractivity contribution in [3.63, 3.8) is 0 Å². The molecule has 0 radical (unpaired) electrons. The second-order valence-corrected chi connectivity index (χ2v) is 7.21. The molecule has 1 N–H and O–H groups in total. The lowest BCUT2D eigenvalue weighted by Gasteiger charge is -2.09. The van der Waals surface area contributed by atoms with Crippen LogP contribution in [-0.4, -0.2) is 10.8 Å². The van der Waals surface area contributed by atoms with E-state index in [1.165, 1.54) is 28.7 Å². The van der Waals surface area contributed by atoms with Gasteiger partial charge in [0, 0.05) is 15.8 Å². The highest BCUT2D eigenvalue weighted by Gasteiger charge is 2.19. The average Bonchev–Trinajstić information content (AvgIpc) is 3.27. The SMILES string of the molecule is Cc1ccc(NC(=O)/C(=C/c2cccs2)c2cccs2)c([N+](=O)[O-])c1. The molecule has 3 aromatic rings. The molecule has 0 aliphatic rings. The van der Waals surface area contributed by atoms with Crippen LogP contribution in [0.1, 0.15) is 15.3 Å². The number of anilines is 1. The van der Waals surface area contributed by atoms with Crippen molar-refractivity contribution in [3.8, 4) is 0 Å². The van der Waals surface area contributed by atoms with Crippen LogP contribution in [0.15, 0.2) is 53.2 Å². The summed E-state index contributed by atoms with van der Waals surface area (Å²) >= 11 is 2.97. The van der Waals surface area contributed by atoms with E-state index in [0.29, 0.717) is 5.57 Å². The van der Waals surface area contributed by atoms with Crippen LogP contribution >= 0.6 is 22.7 Å². The van der Waals surface area contributed by atoms with E-state index < -0.39 is 4.92 Å². The Morgan fingerprint density at radius 2 is 1.92 bits per heavy atom. The summed E-state index contributed by atoms with van der Waals surface area (Å²) in [5, 5.41) is 17.8. The zero-order valence-corrected chi connectivity index (χ0v) is 14.9. The van der Waals surface area contributed by atoms with Gasteiger partial charge in [-0.3, -0.25) is 14.9 Å². The number of carbonyl (C=O) groups is 1. The maximum atomic E-state index is 12.8. The number of hydrogen-bond donors (Lipinski definition) is 1. The lowest BCUT2D eigenvalue weighted by Crippen LogP contribution is -2.14. The van der Waals surface area contributed by atoms with Crippen molar-refractivity contribution < 1.29 is 9.72 Å². The minimum atomic E-state index is -0.490. The van der Waals surface area contributed by atoms with Gasteiger partial charge in [0.15, 0.2) is 0 Å². The number of nitrogens with one attached hydrogen (secondary N) is 1. The monoisotopic (exact) mass is 370 g/mol. The van der Waals surface area contributed by atoms with Crippen LogP contribution in [0.5, 0.6) is 0 Å². The summed E-state index contributed by atoms with van der Waals surface area (Å²) in [4.78, 5) is 25.3. The van der Waals surface area contributed by atoms with Crippen molar-refractivity contribution in [3.05, 3.63) is 78.7 Å². The highest BCUT2D eigenvalue weighted by Crippen LogP contribution is 2.29. The predicted octanol–water partition coefficient (Wildman–Crippen LogP) is 5.21. The smallest absolute Gasteiger partial charge is 0.293 e. The number of amides is 1. The maximum Gasteiger partial charge on any atom is 0.293 e. The Balaban J connectivity index is 1.96. The summed E-state index contributed by atoms with van der Waals surface area (Å²) in [6, 6.07) is 12.3. The Hall–Kier alpha value is -2.77. The number of benzene rings is 1. The number of nitro groups is 1. The lowest BCUT2D eigenvalue weighted by molar-refractivity contribution is -0.384. The van der Waals surface area contributed by atoms with Crippen LogP contribution in [-0.2, 0) is 4.79 Å². The molecule has 0 atom stereocenters. The minimum absolute atomic E-state index is 0.116. The summed E-state index contributed by atoms with van der Waals surface area (Å²) in [6.45, 7) is 1.77. The topological polar surface area (TPSA) is 72.2 Å². The minimum Gasteiger partial charge on any atom is -0.316 e. The van der Waals surface area contributed by atoms with Gasteiger partial charge in [0.05, 0.1) is 10.5 Å². The van der Waals surface area contributed by atoms with Crippen LogP contribution in [0.3, 0.4) is 0 Å². The third kappa shape index (κ3) is 4.01. The third-order valence-electron chi connectivity index (χ3n) is 3.46. The first-order valence-electron chi connectivity index (χ1n) is 7.40. The Morgan fingerprint density at radius 1 is 1.16 bits per heavy atom. The van der Waals surface area contributed by atoms with Crippen LogP contribution < -0.4 is 5.32 Å². The molecule has 2 aromatic heterocycles. The van der Waals surface area contributed by atoms with E-state index in [1.807, 2.05) is 35.0 Å². The van der Waals surface area contributed by atoms with Crippen molar-refractivity contribution >= 4 is 51.6 Å². The largest absolute Gasteiger partial charge is 0.316 e. The summed E-state index contributed by atoms with van der Waals surface area (Å²) in [5.41, 5.74) is 1.31. The first kappa shape index (κ1) is 17.1. The van der Waals surface area contributed by atoms with Gasteiger partial charge in [0.2, 0.25) is 0 Å². The highest BCUT2D eigenvalue weighted by molar-refractivity contribution is 7.12. The van der Waals surface area contributed by atoms with Gasteiger partial charge in [0.1, 0.15) is 5.69 Å². The second kappa shape index (κ2) is 7.42. The van der Waals surface area contributed by atoms with Gasteiger partial charge in [-0.25, -0.2) is 0 Å². The van der Waals surface area contributed by atoms with Crippen molar-refractivity contribution in [2.24, 2.45) is 0 Å². The molecule has 25 heavy (non-hydrogen) atoms. The zero-order chi connectivity index (χ0) is 17.8. The van der Waals surface area contributed by atoms with E-state index >= 15 is 0 Å². The Morgan fingerprint density at radius 3 is 2.56 bits per heavy atom. The van der Waals surface area contributed by atoms with Gasteiger partial charge in [0.25, 0.3) is 11.6 Å². The van der Waals surface area contributed by atoms with Crippen LogP contribution in [0.25, 0.3) is 11.6 Å². The van der Waals surface area contributed by atoms with Crippen molar-refractivity contribution in [1.29, 1.82) is 0 Å². The number of nitrogens with zero attached hydrogens (tertiary/aromatic N) is 1. The molecule has 0 unspecified atom stereocenters. The van der Waals surface area contributed by atoms with E-state index in [-0.39, 0.29) is 17.3 Å². The van der Waals surface area contributed by atoms with Gasteiger partial charge in [-0.15, -0.1) is 22.7 Å². The Bertz CT molecular complexity index is 929. The van der Waals surface area contributed by atoms with Crippen LogP contribution in [0, 0.1) is 17.0 Å². The standard InChI is InChI=1S/C18H14N2O3S2/c1-12-6-7-15(16(10-12)20(22)23)19-18(21)14(17-5-3-9-25-17)11-13-4-2-8-24-13/h2-11H,1H3,(H,19,21)/b14-11+. The summed E-state index contributed by atoms with van der Waals surface area (Å²) < 4.78 is 0. The van der Waals surface area contributed by atoms with Gasteiger partial charge in [-0.1, -0.05) is 18.2 Å². The molecule has 0 spiro atoms. The normalized spacial score (nSPS) is 11.3. The quantitative estimate of drug-likeness (QED) is 0.381. The molecule has 0 bridgehead atoms. The maximum absolute atomic E-state index is 12.8. The van der Waals surface area contributed by atoms with Crippen molar-refractivity contribution in [2.45, 2.75) is 6.92 Å². The van der Waals surface area contributed by atoms with Gasteiger partial charge < -0.3 is 5.32 Å². The molecular weight excluding hydrogens is 356 g/mol. The average molecular weight is 370 g/mol. The second-order valence-electron chi connectivity index (χ2n) is 5.28. The number of carbonyl (C=O) groups excluding carboxylic acids is 1. The molecule has 0 aliphatic carbocycles. The third-order valence-corrected chi connectivity index (χ3v) is 5.18. The first-order valence-corrected chi connectivity index (χ1v) is 9.16. The fourth-order valence-electron chi connectivity index (χ4n) is 2.28. The molecule has 1 aromatic carbocycles. The lowest BCUT2D eigenvalue weighted by atomic mass is 10.1. The number of hydrogen-bond acceptors (Lipinski definition) is 5. The predicted molar refractivity (Wildman–Crippen MR) is 103 cm³/mol. The number of nitro benzene ring substituents is 1. The molecule has 0 saturated carbocycles. The molecule has 126 valence electrons. The van der Waals surface area contributed by atoms with Gasteiger partial charge in [-0.2, -0.15) is 0 Å². The summed E-state index contributed by atoms with van der Waals surface area (Å²) in [5.74, 6) is -0.372. The van der Waals surface area contributed by atoms with E-state index in [9.17, 15) is 14.9 Å². The molecule has 0 aliphatic heterocycles. The molecule has 1 amide bonds. The molecule has 5 nitrogen and oxygen atoms in total. The molecule has 3 rings (SSSR count). The van der Waals surface area contributed by atoms with E-state index in [4.69, 9.17) is 0 Å². The van der Waals surface area contributed by atoms with Crippen molar-refractivity contribution in [2.75, 3.05) is 5.32 Å². The highest BCUT2D eigenvalue weighted by atomic mass is 32.1. The van der Waals surface area contributed by atoms with E-state index in [1.54, 1.807) is 25.1 Å². The zero-order valence-electron chi connectivity index (χ0n) is 13.3.